The molecule has 0 aliphatic carbocycles. The number of anilines is 2. The van der Waals surface area contributed by atoms with E-state index in [9.17, 15) is 4.79 Å². The summed E-state index contributed by atoms with van der Waals surface area (Å²) >= 11 is 3.55. The van der Waals surface area contributed by atoms with Gasteiger partial charge in [-0.2, -0.15) is 0 Å². The number of nitrogen functional groups attached to an aromatic ring is 1. The molecule has 0 radical (unpaired) electrons. The number of hydrogen-bond acceptors (Lipinski definition) is 6. The van der Waals surface area contributed by atoms with Crippen LogP contribution in [0.5, 0.6) is 11.5 Å². The van der Waals surface area contributed by atoms with E-state index in [1.54, 1.807) is 7.11 Å². The number of carbonyl (C=O) groups is 1. The monoisotopic (exact) mass is 571 g/mol. The number of aryl methyl sites for hydroxylation is 1. The molecule has 0 fully saturated rings. The smallest absolute Gasteiger partial charge is 0.144 e. The number of nitrogens with two attached hydrogens (primary N) is 2. The summed E-state index contributed by atoms with van der Waals surface area (Å²) in [6, 6.07) is 18.1. The van der Waals surface area contributed by atoms with E-state index in [1.807, 2.05) is 30.3 Å². The average Bonchev–Trinajstić information content (AvgIpc) is 2.91. The fourth-order valence-corrected chi connectivity index (χ4v) is 3.84. The van der Waals surface area contributed by atoms with Crippen molar-refractivity contribution in [2.45, 2.75) is 53.1 Å². The second-order valence-electron chi connectivity index (χ2n) is 8.60. The van der Waals surface area contributed by atoms with Crippen LogP contribution >= 0.6 is 15.9 Å². The Bertz CT molecular complexity index is 1090. The molecule has 0 bridgehead atoms. The maximum Gasteiger partial charge on any atom is 0.144 e. The third-order valence-electron chi connectivity index (χ3n) is 5.51. The number of halogens is 1. The van der Waals surface area contributed by atoms with Crippen molar-refractivity contribution in [3.63, 3.8) is 0 Å². The number of aldehydes is 1. The summed E-state index contributed by atoms with van der Waals surface area (Å²) < 4.78 is 12.2. The minimum Gasteiger partial charge on any atom is -0.494 e. The summed E-state index contributed by atoms with van der Waals surface area (Å²) in [6.45, 7) is 9.75. The lowest BCUT2D eigenvalue weighted by Crippen LogP contribution is -2.08. The summed E-state index contributed by atoms with van der Waals surface area (Å²) in [5.74, 6) is 2.02. The van der Waals surface area contributed by atoms with E-state index in [0.717, 1.165) is 40.5 Å². The lowest BCUT2D eigenvalue weighted by atomic mass is 10.0. The van der Waals surface area contributed by atoms with Crippen molar-refractivity contribution in [3.05, 3.63) is 81.3 Å². The van der Waals surface area contributed by atoms with Gasteiger partial charge in [0.1, 0.15) is 30.1 Å². The highest BCUT2D eigenvalue weighted by Gasteiger charge is 2.16. The van der Waals surface area contributed by atoms with Crippen molar-refractivity contribution in [1.82, 2.24) is 0 Å². The van der Waals surface area contributed by atoms with Crippen LogP contribution in [0.25, 0.3) is 0 Å². The second-order valence-corrected chi connectivity index (χ2v) is 9.39. The fraction of sp³-hybridized carbons (Fsp3) is 0.367. The van der Waals surface area contributed by atoms with Crippen LogP contribution in [0.3, 0.4) is 0 Å². The van der Waals surface area contributed by atoms with Crippen LogP contribution in [0.2, 0.25) is 0 Å². The summed E-state index contributed by atoms with van der Waals surface area (Å²) in [5.41, 5.74) is 16.6. The SMILES string of the molecule is CCCNc1c(OC)cc(COc2ccccc2CC=O)c(Br)c1N.CN.Cc1ccc(C(C)C)cc1. The number of rotatable bonds is 10. The Hall–Kier alpha value is -3.03. The Morgan fingerprint density at radius 2 is 1.68 bits per heavy atom. The Morgan fingerprint density at radius 1 is 1.03 bits per heavy atom. The number of para-hydroxylation sites is 1. The van der Waals surface area contributed by atoms with Gasteiger partial charge >= 0.3 is 0 Å². The highest BCUT2D eigenvalue weighted by Crippen LogP contribution is 2.39. The molecule has 0 atom stereocenters. The zero-order chi connectivity index (χ0) is 27.8. The van der Waals surface area contributed by atoms with Gasteiger partial charge in [0.2, 0.25) is 0 Å². The standard InChI is InChI=1S/C19H23BrN2O3.C10H14.CH5N/c1-3-9-22-19-16(24-2)11-14(17(20)18(19)21)12-25-15-7-5-4-6-13(15)8-10-23;1-8(2)10-6-4-9(3)5-7-10;1-2/h4-7,10-11,22H,3,8-9,12,21H2,1-2H3;4-8H,1-3H3;2H2,1H3. The van der Waals surface area contributed by atoms with Gasteiger partial charge in [-0.1, -0.05) is 68.8 Å². The maximum absolute atomic E-state index is 10.8. The molecule has 6 nitrogen and oxygen atoms in total. The summed E-state index contributed by atoms with van der Waals surface area (Å²) in [4.78, 5) is 10.8. The first-order chi connectivity index (χ1) is 17.8. The molecule has 0 aliphatic rings. The lowest BCUT2D eigenvalue weighted by Gasteiger charge is -2.18. The zero-order valence-corrected chi connectivity index (χ0v) is 24.5. The first-order valence-corrected chi connectivity index (χ1v) is 13.3. The molecule has 0 saturated heterocycles. The van der Waals surface area contributed by atoms with Crippen LogP contribution < -0.4 is 26.3 Å². The van der Waals surface area contributed by atoms with E-state index in [1.165, 1.54) is 18.2 Å². The van der Waals surface area contributed by atoms with Crippen LogP contribution in [0.1, 0.15) is 55.4 Å². The van der Waals surface area contributed by atoms with Gasteiger partial charge < -0.3 is 31.1 Å². The van der Waals surface area contributed by atoms with Gasteiger partial charge in [0.25, 0.3) is 0 Å². The minimum atomic E-state index is 0.311. The molecular formula is C30H42BrN3O3. The molecule has 0 unspecified atom stereocenters. The summed E-state index contributed by atoms with van der Waals surface area (Å²) in [6.07, 6.45) is 2.18. The third-order valence-corrected chi connectivity index (χ3v) is 6.45. The van der Waals surface area contributed by atoms with Crippen molar-refractivity contribution in [2.24, 2.45) is 5.73 Å². The maximum atomic E-state index is 10.8. The zero-order valence-electron chi connectivity index (χ0n) is 22.9. The van der Waals surface area contributed by atoms with Crippen LogP contribution in [-0.2, 0) is 17.8 Å². The van der Waals surface area contributed by atoms with Gasteiger partial charge in [0.05, 0.1) is 12.8 Å². The Labute approximate surface area is 230 Å². The highest BCUT2D eigenvalue weighted by molar-refractivity contribution is 9.10. The summed E-state index contributed by atoms with van der Waals surface area (Å²) in [5, 5.41) is 3.29. The number of carbonyl (C=O) groups excluding carboxylic acids is 1. The molecule has 0 spiro atoms. The Balaban J connectivity index is 0.000000475. The first kappa shape index (κ1) is 32.0. The number of benzene rings is 3. The predicted molar refractivity (Wildman–Crippen MR) is 160 cm³/mol. The molecule has 37 heavy (non-hydrogen) atoms. The lowest BCUT2D eigenvalue weighted by molar-refractivity contribution is -0.107. The van der Waals surface area contributed by atoms with Crippen LogP contribution in [0.15, 0.2) is 59.1 Å². The molecule has 3 aromatic carbocycles. The normalized spacial score (nSPS) is 9.97. The molecule has 0 aliphatic heterocycles. The van der Waals surface area contributed by atoms with Crippen LogP contribution in [-0.4, -0.2) is 27.0 Å². The van der Waals surface area contributed by atoms with Gasteiger partial charge in [-0.15, -0.1) is 0 Å². The van der Waals surface area contributed by atoms with E-state index in [-0.39, 0.29) is 0 Å². The molecule has 202 valence electrons. The van der Waals surface area contributed by atoms with Crippen LogP contribution in [0, 0.1) is 6.92 Å². The predicted octanol–water partition coefficient (Wildman–Crippen LogP) is 6.88. The molecule has 5 N–H and O–H groups in total. The largest absolute Gasteiger partial charge is 0.494 e. The van der Waals surface area contributed by atoms with Crippen molar-refractivity contribution in [1.29, 1.82) is 0 Å². The molecule has 0 saturated carbocycles. The quantitative estimate of drug-likeness (QED) is 0.181. The average molecular weight is 573 g/mol. The van der Waals surface area contributed by atoms with E-state index < -0.39 is 0 Å². The summed E-state index contributed by atoms with van der Waals surface area (Å²) in [7, 11) is 3.11. The number of ether oxygens (including phenoxy) is 2. The fourth-order valence-electron chi connectivity index (χ4n) is 3.42. The van der Waals surface area contributed by atoms with E-state index in [0.29, 0.717) is 36.1 Å². The molecule has 3 aromatic rings. The Kier molecular flexibility index (Phi) is 15.1. The number of nitrogens with one attached hydrogen (secondary N) is 1. The van der Waals surface area contributed by atoms with Gasteiger partial charge in [-0.05, 0) is 59.9 Å². The van der Waals surface area contributed by atoms with E-state index in [4.69, 9.17) is 15.2 Å². The Morgan fingerprint density at radius 3 is 2.24 bits per heavy atom. The van der Waals surface area contributed by atoms with Crippen molar-refractivity contribution < 1.29 is 14.3 Å². The molecular weight excluding hydrogens is 530 g/mol. The number of hydrogen-bond donors (Lipinski definition) is 3. The van der Waals surface area contributed by atoms with Gasteiger partial charge in [-0.3, -0.25) is 0 Å². The number of methoxy groups -OCH3 is 1. The van der Waals surface area contributed by atoms with Crippen molar-refractivity contribution >= 4 is 33.6 Å². The van der Waals surface area contributed by atoms with E-state index >= 15 is 0 Å². The van der Waals surface area contributed by atoms with Gasteiger partial charge in [0.15, 0.2) is 0 Å². The minimum absolute atomic E-state index is 0.311. The molecule has 0 heterocycles. The van der Waals surface area contributed by atoms with Crippen LogP contribution in [0.4, 0.5) is 11.4 Å². The molecule has 0 aromatic heterocycles. The second kappa shape index (κ2) is 17.4. The van der Waals surface area contributed by atoms with Gasteiger partial charge in [0, 0.05) is 28.6 Å². The topological polar surface area (TPSA) is 99.6 Å². The molecule has 0 amide bonds. The molecule has 3 rings (SSSR count). The third kappa shape index (κ3) is 10.1. The molecule has 7 heteroatoms. The van der Waals surface area contributed by atoms with Crippen molar-refractivity contribution in [2.75, 3.05) is 31.8 Å². The highest BCUT2D eigenvalue weighted by atomic mass is 79.9. The van der Waals surface area contributed by atoms with Gasteiger partial charge in [-0.25, -0.2) is 0 Å². The van der Waals surface area contributed by atoms with E-state index in [2.05, 4.69) is 78.9 Å². The first-order valence-electron chi connectivity index (χ1n) is 12.5. The van der Waals surface area contributed by atoms with Crippen molar-refractivity contribution in [3.8, 4) is 11.5 Å².